The largest absolute Gasteiger partial charge is 0.460 e. The third kappa shape index (κ3) is 1.98. The first kappa shape index (κ1) is 15.5. The number of hydrogen-bond donors (Lipinski definition) is 1. The smallest absolute Gasteiger partial charge is 0.399 e. The highest BCUT2D eigenvalue weighted by atomic mass is 19.4. The number of benzene rings is 3. The van der Waals surface area contributed by atoms with Gasteiger partial charge in [-0.3, -0.25) is 0 Å². The maximum absolute atomic E-state index is 14.1. The molecule has 2 nitrogen and oxygen atoms in total. The first-order chi connectivity index (χ1) is 12.5. The first-order valence-electron chi connectivity index (χ1n) is 8.24. The molecule has 0 bridgehead atoms. The van der Waals surface area contributed by atoms with Gasteiger partial charge in [0.1, 0.15) is 11.7 Å². The van der Waals surface area contributed by atoms with Crippen LogP contribution in [0.15, 0.2) is 54.6 Å². The van der Waals surface area contributed by atoms with Gasteiger partial charge >= 0.3 is 6.18 Å². The molecule has 0 radical (unpaired) electrons. The highest BCUT2D eigenvalue weighted by Gasteiger charge is 2.49. The van der Waals surface area contributed by atoms with Gasteiger partial charge in [0.05, 0.1) is 0 Å². The van der Waals surface area contributed by atoms with Gasteiger partial charge in [0.2, 0.25) is 6.29 Å². The van der Waals surface area contributed by atoms with Crippen LogP contribution < -0.4 is 4.74 Å². The average Bonchev–Trinajstić information content (AvgIpc) is 2.97. The molecule has 130 valence electrons. The van der Waals surface area contributed by atoms with E-state index in [9.17, 15) is 18.3 Å². The number of hydrogen-bond acceptors (Lipinski definition) is 2. The molecule has 5 heteroatoms. The lowest BCUT2D eigenvalue weighted by molar-refractivity contribution is -0.140. The molecule has 5 rings (SSSR count). The number of rotatable bonds is 0. The van der Waals surface area contributed by atoms with Crippen LogP contribution in [0.25, 0.3) is 28.0 Å². The van der Waals surface area contributed by atoms with Crippen LogP contribution in [0.4, 0.5) is 13.2 Å². The second-order valence-corrected chi connectivity index (χ2v) is 6.51. The van der Waals surface area contributed by atoms with Crippen LogP contribution >= 0.6 is 0 Å². The molecule has 0 amide bonds. The number of fused-ring (bicyclic) bond motifs is 8. The first-order valence-corrected chi connectivity index (χ1v) is 8.24. The molecule has 26 heavy (non-hydrogen) atoms. The third-order valence-electron chi connectivity index (χ3n) is 5.07. The highest BCUT2D eigenvalue weighted by Crippen LogP contribution is 2.58. The number of halogens is 3. The van der Waals surface area contributed by atoms with Crippen LogP contribution in [0, 0.1) is 0 Å². The van der Waals surface area contributed by atoms with Crippen molar-refractivity contribution in [3.63, 3.8) is 0 Å². The lowest BCUT2D eigenvalue weighted by Gasteiger charge is -2.25. The van der Waals surface area contributed by atoms with Crippen LogP contribution in [0.5, 0.6) is 5.75 Å². The second-order valence-electron chi connectivity index (χ2n) is 6.51. The van der Waals surface area contributed by atoms with Gasteiger partial charge in [-0.15, -0.1) is 0 Å². The third-order valence-corrected chi connectivity index (χ3v) is 5.07. The number of aliphatic hydroxyl groups excluding tert-OH is 1. The quantitative estimate of drug-likeness (QED) is 0.598. The van der Waals surface area contributed by atoms with Crippen molar-refractivity contribution in [3.8, 4) is 16.9 Å². The molecule has 0 aromatic heterocycles. The predicted octanol–water partition coefficient (Wildman–Crippen LogP) is 5.24. The Labute approximate surface area is 147 Å². The van der Waals surface area contributed by atoms with Crippen LogP contribution in [-0.4, -0.2) is 17.6 Å². The summed E-state index contributed by atoms with van der Waals surface area (Å²) < 4.78 is 47.7. The highest BCUT2D eigenvalue weighted by molar-refractivity contribution is 6.07. The summed E-state index contributed by atoms with van der Waals surface area (Å²) in [7, 11) is 0. The van der Waals surface area contributed by atoms with E-state index in [0.717, 1.165) is 0 Å². The Morgan fingerprint density at radius 2 is 1.62 bits per heavy atom. The van der Waals surface area contributed by atoms with Crippen molar-refractivity contribution >= 4 is 16.8 Å². The standard InChI is InChI=1S/C21H13F3O2/c22-21(23,24)19-13-7-3-1-5-11(13)17-12-6-2-4-8-14(12)20-15(18(17)19)9-10-16(25)26-20/h1-10,16,19,25H. The molecule has 3 aromatic rings. The topological polar surface area (TPSA) is 29.5 Å². The molecular weight excluding hydrogens is 341 g/mol. The Bertz CT molecular complexity index is 1080. The summed E-state index contributed by atoms with van der Waals surface area (Å²) in [6.45, 7) is 0. The Kier molecular flexibility index (Phi) is 3.04. The van der Waals surface area contributed by atoms with Crippen LogP contribution in [0.2, 0.25) is 0 Å². The lowest BCUT2D eigenvalue weighted by Crippen LogP contribution is -2.22. The molecule has 0 saturated heterocycles. The molecule has 3 aromatic carbocycles. The summed E-state index contributed by atoms with van der Waals surface area (Å²) in [4.78, 5) is 0. The minimum atomic E-state index is -4.43. The van der Waals surface area contributed by atoms with Gasteiger partial charge in [0, 0.05) is 10.9 Å². The molecule has 1 heterocycles. The van der Waals surface area contributed by atoms with Crippen molar-refractivity contribution in [1.29, 1.82) is 0 Å². The molecular formula is C21H13F3O2. The van der Waals surface area contributed by atoms with E-state index in [1.807, 2.05) is 12.1 Å². The monoisotopic (exact) mass is 354 g/mol. The summed E-state index contributed by atoms with van der Waals surface area (Å²) in [5, 5.41) is 11.2. The number of alkyl halides is 3. The zero-order valence-electron chi connectivity index (χ0n) is 13.4. The van der Waals surface area contributed by atoms with Crippen molar-refractivity contribution in [1.82, 2.24) is 0 Å². The summed E-state index contributed by atoms with van der Waals surface area (Å²) in [5.74, 6) is -1.41. The number of aliphatic hydroxyl groups is 1. The van der Waals surface area contributed by atoms with E-state index >= 15 is 0 Å². The van der Waals surface area contributed by atoms with Gasteiger partial charge in [-0.05, 0) is 39.8 Å². The van der Waals surface area contributed by atoms with E-state index in [1.54, 1.807) is 36.4 Å². The van der Waals surface area contributed by atoms with E-state index in [0.29, 0.717) is 33.2 Å². The van der Waals surface area contributed by atoms with E-state index in [1.165, 1.54) is 12.1 Å². The molecule has 0 fully saturated rings. The molecule has 1 N–H and O–H groups in total. The number of ether oxygens (including phenoxy) is 1. The maximum Gasteiger partial charge on any atom is 0.399 e. The zero-order chi connectivity index (χ0) is 18.1. The molecule has 0 spiro atoms. The Balaban J connectivity index is 1.99. The maximum atomic E-state index is 14.1. The second kappa shape index (κ2) is 5.11. The van der Waals surface area contributed by atoms with Gasteiger partial charge < -0.3 is 9.84 Å². The van der Waals surface area contributed by atoms with Gasteiger partial charge in [-0.2, -0.15) is 13.2 Å². The van der Waals surface area contributed by atoms with Crippen molar-refractivity contribution in [3.05, 3.63) is 71.3 Å². The van der Waals surface area contributed by atoms with Crippen molar-refractivity contribution in [2.75, 3.05) is 0 Å². The lowest BCUT2D eigenvalue weighted by atomic mass is 9.88. The fourth-order valence-corrected chi connectivity index (χ4v) is 4.14. The molecule has 0 saturated carbocycles. The Hall–Kier alpha value is -2.79. The Morgan fingerprint density at radius 3 is 2.38 bits per heavy atom. The molecule has 2 unspecified atom stereocenters. The minimum absolute atomic E-state index is 0.204. The van der Waals surface area contributed by atoms with Gasteiger partial charge in [0.15, 0.2) is 0 Å². The summed E-state index contributed by atoms with van der Waals surface area (Å²) >= 11 is 0. The summed E-state index contributed by atoms with van der Waals surface area (Å²) in [6.07, 6.45) is -2.69. The van der Waals surface area contributed by atoms with E-state index in [-0.39, 0.29) is 11.1 Å². The van der Waals surface area contributed by atoms with Gasteiger partial charge in [0.25, 0.3) is 0 Å². The normalized spacial score (nSPS) is 20.5. The Morgan fingerprint density at radius 1 is 0.923 bits per heavy atom. The molecule has 1 aliphatic carbocycles. The summed E-state index contributed by atoms with van der Waals surface area (Å²) in [5.41, 5.74) is 2.05. The van der Waals surface area contributed by atoms with E-state index in [4.69, 9.17) is 4.74 Å². The fraction of sp³-hybridized carbons (Fsp3) is 0.143. The molecule has 2 aliphatic rings. The van der Waals surface area contributed by atoms with E-state index < -0.39 is 18.4 Å². The molecule has 1 aliphatic heterocycles. The van der Waals surface area contributed by atoms with Crippen LogP contribution in [-0.2, 0) is 0 Å². The minimum Gasteiger partial charge on any atom is -0.460 e. The fourth-order valence-electron chi connectivity index (χ4n) is 4.14. The van der Waals surface area contributed by atoms with E-state index in [2.05, 4.69) is 0 Å². The predicted molar refractivity (Wildman–Crippen MR) is 93.0 cm³/mol. The van der Waals surface area contributed by atoms with Crippen LogP contribution in [0.3, 0.4) is 0 Å². The van der Waals surface area contributed by atoms with Crippen molar-refractivity contribution in [2.45, 2.75) is 18.4 Å². The average molecular weight is 354 g/mol. The zero-order valence-corrected chi connectivity index (χ0v) is 13.4. The molecule has 2 atom stereocenters. The SMILES string of the molecule is OC1C=Cc2c3c(c4ccccc4c2O1)-c1ccccc1C3C(F)(F)F. The van der Waals surface area contributed by atoms with Crippen molar-refractivity contribution < 1.29 is 23.0 Å². The van der Waals surface area contributed by atoms with Crippen molar-refractivity contribution in [2.24, 2.45) is 0 Å². The summed E-state index contributed by atoms with van der Waals surface area (Å²) in [6, 6.07) is 13.9. The van der Waals surface area contributed by atoms with Crippen LogP contribution in [0.1, 0.15) is 22.6 Å². The van der Waals surface area contributed by atoms with Gasteiger partial charge in [-0.25, -0.2) is 0 Å². The van der Waals surface area contributed by atoms with Gasteiger partial charge in [-0.1, -0.05) is 48.5 Å².